The second-order valence-electron chi connectivity index (χ2n) is 9.12. The predicted molar refractivity (Wildman–Crippen MR) is 115 cm³/mol. The lowest BCUT2D eigenvalue weighted by Gasteiger charge is -2.26. The van der Waals surface area contributed by atoms with E-state index in [2.05, 4.69) is 79.0 Å². The van der Waals surface area contributed by atoms with Gasteiger partial charge in [-0.2, -0.15) is 10.2 Å². The van der Waals surface area contributed by atoms with E-state index in [9.17, 15) is 0 Å². The molecule has 4 rings (SSSR count). The van der Waals surface area contributed by atoms with Crippen molar-refractivity contribution in [3.8, 4) is 0 Å². The smallest absolute Gasteiger partial charge is 0.116 e. The molecule has 142 valence electrons. The molecule has 2 aromatic carbocycles. The monoisotopic (exact) mass is 370 g/mol. The van der Waals surface area contributed by atoms with E-state index >= 15 is 0 Å². The molecule has 0 saturated carbocycles. The van der Waals surface area contributed by atoms with Gasteiger partial charge in [0.05, 0.1) is 23.1 Å². The molecule has 0 N–H and O–H groups in total. The van der Waals surface area contributed by atoms with Crippen LogP contribution in [0.1, 0.15) is 51.6 Å². The zero-order valence-electron chi connectivity index (χ0n) is 17.2. The Hall–Kier alpha value is -2.88. The number of benzene rings is 2. The first kappa shape index (κ1) is 18.5. The fourth-order valence-electron chi connectivity index (χ4n) is 3.98. The lowest BCUT2D eigenvalue weighted by Crippen LogP contribution is -2.23. The van der Waals surface area contributed by atoms with Gasteiger partial charge in [0.2, 0.25) is 0 Å². The summed E-state index contributed by atoms with van der Waals surface area (Å²) in [7, 11) is 0. The van der Waals surface area contributed by atoms with Crippen LogP contribution in [0.2, 0.25) is 0 Å². The molecule has 28 heavy (non-hydrogen) atoms. The number of rotatable bonds is 3. The Morgan fingerprint density at radius 1 is 0.750 bits per heavy atom. The van der Waals surface area contributed by atoms with E-state index in [-0.39, 0.29) is 10.8 Å². The standard InChI is InChI=1S/C24H26N4/c1-23(2,3)21-17-11-8-9-16(19(17)14-27-28-21)13-24(4,5)22-18-10-6-7-12-20(18)25-15-26-22/h6-12,14-15H,13H2,1-5H3. The third kappa shape index (κ3) is 3.24. The fourth-order valence-corrected chi connectivity index (χ4v) is 3.98. The minimum absolute atomic E-state index is 0.0521. The molecule has 0 bridgehead atoms. The Bertz CT molecular complexity index is 1150. The van der Waals surface area contributed by atoms with E-state index in [0.717, 1.165) is 28.7 Å². The molecule has 0 unspecified atom stereocenters. The number of hydrogen-bond acceptors (Lipinski definition) is 4. The average molecular weight is 371 g/mol. The van der Waals surface area contributed by atoms with E-state index in [1.165, 1.54) is 16.3 Å². The molecular weight excluding hydrogens is 344 g/mol. The third-order valence-corrected chi connectivity index (χ3v) is 5.32. The molecule has 0 radical (unpaired) electrons. The quantitative estimate of drug-likeness (QED) is 0.485. The van der Waals surface area contributed by atoms with Gasteiger partial charge in [0.1, 0.15) is 6.33 Å². The zero-order valence-corrected chi connectivity index (χ0v) is 17.2. The van der Waals surface area contributed by atoms with Gasteiger partial charge in [-0.15, -0.1) is 0 Å². The number of para-hydroxylation sites is 1. The summed E-state index contributed by atoms with van der Waals surface area (Å²) in [6.07, 6.45) is 4.43. The van der Waals surface area contributed by atoms with Crippen LogP contribution in [-0.2, 0) is 17.3 Å². The van der Waals surface area contributed by atoms with E-state index in [1.54, 1.807) is 6.33 Å². The van der Waals surface area contributed by atoms with Crippen LogP contribution in [0.15, 0.2) is 55.0 Å². The van der Waals surface area contributed by atoms with Gasteiger partial charge in [-0.05, 0) is 18.1 Å². The maximum Gasteiger partial charge on any atom is 0.116 e. The van der Waals surface area contributed by atoms with E-state index in [4.69, 9.17) is 0 Å². The molecule has 0 saturated heterocycles. The first-order chi connectivity index (χ1) is 13.3. The van der Waals surface area contributed by atoms with Crippen LogP contribution in [0.4, 0.5) is 0 Å². The molecule has 0 spiro atoms. The topological polar surface area (TPSA) is 51.6 Å². The Labute approximate surface area is 166 Å². The minimum Gasteiger partial charge on any atom is -0.240 e. The molecule has 2 aromatic heterocycles. The highest BCUT2D eigenvalue weighted by Gasteiger charge is 2.27. The highest BCUT2D eigenvalue weighted by atomic mass is 15.1. The minimum atomic E-state index is -0.151. The number of fused-ring (bicyclic) bond motifs is 2. The molecule has 0 aliphatic rings. The van der Waals surface area contributed by atoms with Gasteiger partial charge in [-0.3, -0.25) is 0 Å². The Morgan fingerprint density at radius 3 is 2.29 bits per heavy atom. The van der Waals surface area contributed by atoms with Crippen LogP contribution >= 0.6 is 0 Å². The maximum atomic E-state index is 4.67. The van der Waals surface area contributed by atoms with Crippen molar-refractivity contribution in [2.45, 2.75) is 51.9 Å². The van der Waals surface area contributed by atoms with Gasteiger partial charge in [-0.1, -0.05) is 71.0 Å². The van der Waals surface area contributed by atoms with Crippen LogP contribution in [0.3, 0.4) is 0 Å². The Balaban J connectivity index is 1.83. The average Bonchev–Trinajstić information content (AvgIpc) is 2.66. The molecule has 0 fully saturated rings. The third-order valence-electron chi connectivity index (χ3n) is 5.32. The summed E-state index contributed by atoms with van der Waals surface area (Å²) < 4.78 is 0. The SMILES string of the molecule is CC(C)(C)c1nncc2c(CC(C)(C)c3ncnc4ccccc34)cccc12. The van der Waals surface area contributed by atoms with Crippen LogP contribution in [0, 0.1) is 0 Å². The fraction of sp³-hybridized carbons (Fsp3) is 0.333. The van der Waals surface area contributed by atoms with Gasteiger partial charge in [0.25, 0.3) is 0 Å². The Kier molecular flexibility index (Phi) is 4.37. The van der Waals surface area contributed by atoms with Crippen molar-refractivity contribution >= 4 is 21.7 Å². The van der Waals surface area contributed by atoms with Crippen LogP contribution in [-0.4, -0.2) is 20.2 Å². The first-order valence-corrected chi connectivity index (χ1v) is 9.71. The van der Waals surface area contributed by atoms with Gasteiger partial charge >= 0.3 is 0 Å². The van der Waals surface area contributed by atoms with Crippen molar-refractivity contribution in [3.05, 3.63) is 71.9 Å². The van der Waals surface area contributed by atoms with E-state index in [0.29, 0.717) is 0 Å². The summed E-state index contributed by atoms with van der Waals surface area (Å²) in [4.78, 5) is 9.09. The van der Waals surface area contributed by atoms with Crippen molar-refractivity contribution in [3.63, 3.8) is 0 Å². The van der Waals surface area contributed by atoms with Crippen molar-refractivity contribution in [2.24, 2.45) is 0 Å². The molecule has 0 atom stereocenters. The molecule has 0 aliphatic heterocycles. The molecule has 4 aromatic rings. The van der Waals surface area contributed by atoms with Crippen molar-refractivity contribution in [1.82, 2.24) is 20.2 Å². The van der Waals surface area contributed by atoms with Gasteiger partial charge in [0.15, 0.2) is 0 Å². The lowest BCUT2D eigenvalue weighted by atomic mass is 9.79. The summed E-state index contributed by atoms with van der Waals surface area (Å²) in [5.41, 5.74) is 4.17. The second kappa shape index (κ2) is 6.62. The molecule has 2 heterocycles. The maximum absolute atomic E-state index is 4.67. The highest BCUT2D eigenvalue weighted by Crippen LogP contribution is 2.34. The molecular formula is C24H26N4. The van der Waals surface area contributed by atoms with Crippen LogP contribution in [0.25, 0.3) is 21.7 Å². The van der Waals surface area contributed by atoms with E-state index in [1.807, 2.05) is 24.4 Å². The van der Waals surface area contributed by atoms with Gasteiger partial charge in [-0.25, -0.2) is 9.97 Å². The summed E-state index contributed by atoms with van der Waals surface area (Å²) in [5.74, 6) is 0. The Morgan fingerprint density at radius 2 is 1.50 bits per heavy atom. The number of aromatic nitrogens is 4. The number of nitrogens with zero attached hydrogens (tertiary/aromatic N) is 4. The molecule has 4 nitrogen and oxygen atoms in total. The highest BCUT2D eigenvalue weighted by molar-refractivity contribution is 5.88. The van der Waals surface area contributed by atoms with Crippen molar-refractivity contribution < 1.29 is 0 Å². The molecule has 0 amide bonds. The van der Waals surface area contributed by atoms with Gasteiger partial charge in [0, 0.05) is 27.0 Å². The van der Waals surface area contributed by atoms with E-state index < -0.39 is 0 Å². The summed E-state index contributed by atoms with van der Waals surface area (Å²) in [6, 6.07) is 14.7. The number of hydrogen-bond donors (Lipinski definition) is 0. The summed E-state index contributed by atoms with van der Waals surface area (Å²) in [5, 5.41) is 12.2. The lowest BCUT2D eigenvalue weighted by molar-refractivity contribution is 0.511. The second-order valence-corrected chi connectivity index (χ2v) is 9.12. The normalized spacial score (nSPS) is 12.6. The summed E-state index contributed by atoms with van der Waals surface area (Å²) in [6.45, 7) is 11.0. The molecule has 0 aliphatic carbocycles. The van der Waals surface area contributed by atoms with Gasteiger partial charge < -0.3 is 0 Å². The largest absolute Gasteiger partial charge is 0.240 e. The summed E-state index contributed by atoms with van der Waals surface area (Å²) >= 11 is 0. The van der Waals surface area contributed by atoms with Crippen molar-refractivity contribution in [2.75, 3.05) is 0 Å². The zero-order chi connectivity index (χ0) is 19.9. The predicted octanol–water partition coefficient (Wildman–Crippen LogP) is 5.39. The first-order valence-electron chi connectivity index (χ1n) is 9.71. The van der Waals surface area contributed by atoms with Crippen LogP contribution < -0.4 is 0 Å². The molecule has 4 heteroatoms. The van der Waals surface area contributed by atoms with Crippen LogP contribution in [0.5, 0.6) is 0 Å². The van der Waals surface area contributed by atoms with Crippen molar-refractivity contribution in [1.29, 1.82) is 0 Å².